The molecule has 1 saturated heterocycles. The lowest BCUT2D eigenvalue weighted by Gasteiger charge is -2.19. The van der Waals surface area contributed by atoms with Gasteiger partial charge >= 0.3 is 0 Å². The fourth-order valence-electron chi connectivity index (χ4n) is 0.951. The molecule has 0 aromatic rings. The van der Waals surface area contributed by atoms with E-state index in [1.54, 1.807) is 0 Å². The molecule has 1 atom stereocenters. The van der Waals surface area contributed by atoms with Crippen LogP contribution in [0.3, 0.4) is 0 Å². The van der Waals surface area contributed by atoms with Gasteiger partial charge in [0, 0.05) is 6.61 Å². The van der Waals surface area contributed by atoms with Crippen molar-refractivity contribution < 1.29 is 15.3 Å². The summed E-state index contributed by atoms with van der Waals surface area (Å²) in [5.74, 6) is 0. The molecule has 0 amide bonds. The molecule has 0 aliphatic carbocycles. The third-order valence-corrected chi connectivity index (χ3v) is 1.48. The van der Waals surface area contributed by atoms with Gasteiger partial charge in [-0.05, 0) is 19.3 Å². The second-order valence-corrected chi connectivity index (χ2v) is 2.17. The van der Waals surface area contributed by atoms with Gasteiger partial charge in [-0.2, -0.15) is 0 Å². The highest BCUT2D eigenvalue weighted by atomic mass is 16.5. The van der Waals surface area contributed by atoms with Crippen LogP contribution >= 0.6 is 0 Å². The van der Waals surface area contributed by atoms with Gasteiger partial charge in [-0.15, -0.1) is 0 Å². The van der Waals surface area contributed by atoms with E-state index in [1.165, 1.54) is 6.42 Å². The summed E-state index contributed by atoms with van der Waals surface area (Å²) >= 11 is 0. The molecule has 70 valence electrons. The van der Waals surface area contributed by atoms with Crippen LogP contribution in [0.4, 0.5) is 0 Å². The molecule has 3 nitrogen and oxygen atoms in total. The van der Waals surface area contributed by atoms with Gasteiger partial charge in [-0.3, -0.25) is 0 Å². The standard InChI is InChI=1S/C6H12O2.C2H6.H2O/c7-5-6-3-1-2-4-8-6;1-2;/h6-7H,1-5H2;1-2H3;1H2/t6-;;/m0../s1. The van der Waals surface area contributed by atoms with Crippen molar-refractivity contribution in [2.24, 2.45) is 0 Å². The summed E-state index contributed by atoms with van der Waals surface area (Å²) in [6, 6.07) is 0. The number of ether oxygens (including phenoxy) is 1. The Bertz CT molecular complexity index is 60.4. The first kappa shape index (κ1) is 13.5. The molecule has 1 fully saturated rings. The van der Waals surface area contributed by atoms with Crippen molar-refractivity contribution in [3.63, 3.8) is 0 Å². The van der Waals surface area contributed by atoms with Gasteiger partial charge in [0.05, 0.1) is 12.7 Å². The van der Waals surface area contributed by atoms with E-state index in [9.17, 15) is 0 Å². The minimum atomic E-state index is 0. The number of aliphatic hydroxyl groups excluding tert-OH is 1. The summed E-state index contributed by atoms with van der Waals surface area (Å²) in [6.07, 6.45) is 3.56. The van der Waals surface area contributed by atoms with Gasteiger partial charge < -0.3 is 15.3 Å². The molecular formula is C8H20O3. The van der Waals surface area contributed by atoms with Crippen LogP contribution in [0.15, 0.2) is 0 Å². The fraction of sp³-hybridized carbons (Fsp3) is 1.00. The molecule has 1 heterocycles. The zero-order valence-electron chi connectivity index (χ0n) is 7.47. The monoisotopic (exact) mass is 164 g/mol. The Morgan fingerprint density at radius 1 is 1.36 bits per heavy atom. The Labute approximate surface area is 68.7 Å². The molecule has 0 saturated carbocycles. The van der Waals surface area contributed by atoms with Crippen LogP contribution in [0.1, 0.15) is 33.1 Å². The lowest BCUT2D eigenvalue weighted by Crippen LogP contribution is -2.22. The third-order valence-electron chi connectivity index (χ3n) is 1.48. The summed E-state index contributed by atoms with van der Waals surface area (Å²) in [4.78, 5) is 0. The maximum atomic E-state index is 8.57. The zero-order valence-corrected chi connectivity index (χ0v) is 7.47. The van der Waals surface area contributed by atoms with Gasteiger partial charge in [0.25, 0.3) is 0 Å². The SMILES string of the molecule is CC.O.OC[C@@H]1CCCCO1. The largest absolute Gasteiger partial charge is 0.412 e. The van der Waals surface area contributed by atoms with E-state index < -0.39 is 0 Å². The second-order valence-electron chi connectivity index (χ2n) is 2.17. The van der Waals surface area contributed by atoms with Crippen LogP contribution in [0.5, 0.6) is 0 Å². The highest BCUT2D eigenvalue weighted by Gasteiger charge is 2.10. The molecule has 1 rings (SSSR count). The van der Waals surface area contributed by atoms with Gasteiger partial charge in [-0.25, -0.2) is 0 Å². The first-order valence-electron chi connectivity index (χ1n) is 4.16. The van der Waals surface area contributed by atoms with Gasteiger partial charge in [0.15, 0.2) is 0 Å². The van der Waals surface area contributed by atoms with Crippen LogP contribution < -0.4 is 0 Å². The molecule has 0 unspecified atom stereocenters. The Hall–Kier alpha value is -0.120. The van der Waals surface area contributed by atoms with Crippen LogP contribution in [-0.2, 0) is 4.74 Å². The van der Waals surface area contributed by atoms with E-state index in [2.05, 4.69) is 0 Å². The number of hydrogen-bond acceptors (Lipinski definition) is 2. The van der Waals surface area contributed by atoms with Crippen LogP contribution in [0.25, 0.3) is 0 Å². The topological polar surface area (TPSA) is 61.0 Å². The average molecular weight is 164 g/mol. The first-order chi connectivity index (χ1) is 4.93. The van der Waals surface area contributed by atoms with Gasteiger partial charge in [0.1, 0.15) is 0 Å². The summed E-state index contributed by atoms with van der Waals surface area (Å²) in [5.41, 5.74) is 0. The predicted octanol–water partition coefficient (Wildman–Crippen LogP) is 0.749. The quantitative estimate of drug-likeness (QED) is 0.621. The molecule has 0 aromatic carbocycles. The molecule has 0 spiro atoms. The molecule has 11 heavy (non-hydrogen) atoms. The highest BCUT2D eigenvalue weighted by molar-refractivity contribution is 4.60. The molecule has 1 aliphatic heterocycles. The van der Waals surface area contributed by atoms with Crippen LogP contribution in [-0.4, -0.2) is 29.9 Å². The summed E-state index contributed by atoms with van der Waals surface area (Å²) in [7, 11) is 0. The minimum absolute atomic E-state index is 0. The summed E-state index contributed by atoms with van der Waals surface area (Å²) in [5, 5.41) is 8.57. The molecule has 0 radical (unpaired) electrons. The maximum absolute atomic E-state index is 8.57. The summed E-state index contributed by atoms with van der Waals surface area (Å²) < 4.78 is 5.18. The normalized spacial score (nSPS) is 22.6. The fourth-order valence-corrected chi connectivity index (χ4v) is 0.951. The van der Waals surface area contributed by atoms with Crippen LogP contribution in [0.2, 0.25) is 0 Å². The van der Waals surface area contributed by atoms with E-state index in [1.807, 2.05) is 13.8 Å². The highest BCUT2D eigenvalue weighted by Crippen LogP contribution is 2.10. The Morgan fingerprint density at radius 2 is 2.00 bits per heavy atom. The zero-order chi connectivity index (χ0) is 7.82. The molecule has 0 aromatic heterocycles. The van der Waals surface area contributed by atoms with Gasteiger partial charge in [0.2, 0.25) is 0 Å². The maximum Gasteiger partial charge on any atom is 0.0805 e. The van der Waals surface area contributed by atoms with Crippen molar-refractivity contribution in [1.29, 1.82) is 0 Å². The van der Waals surface area contributed by atoms with Crippen molar-refractivity contribution in [2.45, 2.75) is 39.2 Å². The average Bonchev–Trinajstić information content (AvgIpc) is 2.10. The Balaban J connectivity index is 0. The van der Waals surface area contributed by atoms with Crippen LogP contribution in [0, 0.1) is 0 Å². The molecule has 3 N–H and O–H groups in total. The van der Waals surface area contributed by atoms with E-state index in [-0.39, 0.29) is 18.2 Å². The Kier molecular flexibility index (Phi) is 12.1. The van der Waals surface area contributed by atoms with Crippen molar-refractivity contribution in [3.8, 4) is 0 Å². The lowest BCUT2D eigenvalue weighted by molar-refractivity contribution is -0.0172. The number of rotatable bonds is 1. The lowest BCUT2D eigenvalue weighted by atomic mass is 10.1. The molecule has 0 bridgehead atoms. The molecular weight excluding hydrogens is 144 g/mol. The van der Waals surface area contributed by atoms with Crippen molar-refractivity contribution in [1.82, 2.24) is 0 Å². The molecule has 1 aliphatic rings. The first-order valence-corrected chi connectivity index (χ1v) is 4.16. The number of hydrogen-bond donors (Lipinski definition) is 1. The second kappa shape index (κ2) is 9.88. The van der Waals surface area contributed by atoms with E-state index >= 15 is 0 Å². The Morgan fingerprint density at radius 3 is 2.27 bits per heavy atom. The van der Waals surface area contributed by atoms with Crippen molar-refractivity contribution >= 4 is 0 Å². The third kappa shape index (κ3) is 6.28. The predicted molar refractivity (Wildman–Crippen MR) is 45.6 cm³/mol. The van der Waals surface area contributed by atoms with Gasteiger partial charge in [-0.1, -0.05) is 13.8 Å². The summed E-state index contributed by atoms with van der Waals surface area (Å²) in [6.45, 7) is 5.03. The van der Waals surface area contributed by atoms with Crippen molar-refractivity contribution in [3.05, 3.63) is 0 Å². The number of aliphatic hydroxyl groups is 1. The van der Waals surface area contributed by atoms with E-state index in [4.69, 9.17) is 9.84 Å². The van der Waals surface area contributed by atoms with Crippen molar-refractivity contribution in [2.75, 3.05) is 13.2 Å². The van der Waals surface area contributed by atoms with E-state index in [0.29, 0.717) is 0 Å². The smallest absolute Gasteiger partial charge is 0.0805 e. The van der Waals surface area contributed by atoms with E-state index in [0.717, 1.165) is 19.4 Å². The minimum Gasteiger partial charge on any atom is -0.412 e. The molecule has 3 heteroatoms.